The molecule has 0 bridgehead atoms. The van der Waals surface area contributed by atoms with Gasteiger partial charge in [0.2, 0.25) is 0 Å². The van der Waals surface area contributed by atoms with Crippen LogP contribution in [0.5, 0.6) is 0 Å². The zero-order valence-electron chi connectivity index (χ0n) is 9.20. The molecule has 1 aromatic carbocycles. The minimum absolute atomic E-state index is 0.252. The molecule has 0 amide bonds. The van der Waals surface area contributed by atoms with Crippen molar-refractivity contribution in [1.82, 2.24) is 0 Å². The number of hydrogen-bond acceptors (Lipinski definition) is 4. The van der Waals surface area contributed by atoms with Crippen molar-refractivity contribution < 1.29 is 9.53 Å². The van der Waals surface area contributed by atoms with E-state index in [9.17, 15) is 4.79 Å². The van der Waals surface area contributed by atoms with E-state index in [0.29, 0.717) is 5.56 Å². The Morgan fingerprint density at radius 2 is 2.24 bits per heavy atom. The molecule has 0 saturated carbocycles. The molecule has 0 aliphatic carbocycles. The molecule has 0 saturated heterocycles. The van der Waals surface area contributed by atoms with Gasteiger partial charge in [-0.25, -0.2) is 0 Å². The molecule has 86 valence electrons. The lowest BCUT2D eigenvalue weighted by molar-refractivity contribution is -0.142. The summed E-state index contributed by atoms with van der Waals surface area (Å²) in [6.45, 7) is 0. The number of benzene rings is 1. The van der Waals surface area contributed by atoms with Crippen molar-refractivity contribution in [3.63, 3.8) is 0 Å². The summed E-state index contributed by atoms with van der Waals surface area (Å²) in [6, 6.07) is 7.81. The molecule has 0 radical (unpaired) electrons. The van der Waals surface area contributed by atoms with Gasteiger partial charge in [-0.05, 0) is 29.6 Å². The second-order valence-electron chi connectivity index (χ2n) is 3.26. The van der Waals surface area contributed by atoms with E-state index < -0.39 is 12.0 Å². The van der Waals surface area contributed by atoms with Gasteiger partial charge in [-0.15, -0.1) is 0 Å². The van der Waals surface area contributed by atoms with Gasteiger partial charge in [0.15, 0.2) is 0 Å². The van der Waals surface area contributed by atoms with Crippen LogP contribution in [0.2, 0.25) is 0 Å². The first-order valence-electron chi connectivity index (χ1n) is 4.82. The van der Waals surface area contributed by atoms with Crippen molar-refractivity contribution in [3.8, 4) is 6.07 Å². The molecule has 0 spiro atoms. The molecule has 1 atom stereocenters. The van der Waals surface area contributed by atoms with Crippen LogP contribution in [0.25, 0.3) is 10.4 Å². The average molecular weight is 230 g/mol. The fraction of sp³-hybridized carbons (Fsp3) is 0.273. The summed E-state index contributed by atoms with van der Waals surface area (Å²) in [5, 5.41) is 12.0. The molecule has 1 aromatic rings. The van der Waals surface area contributed by atoms with Crippen LogP contribution in [0.1, 0.15) is 11.1 Å². The molecule has 0 aliphatic heterocycles. The van der Waals surface area contributed by atoms with Gasteiger partial charge in [-0.3, -0.25) is 4.79 Å². The maximum absolute atomic E-state index is 11.3. The Labute approximate surface area is 98.1 Å². The van der Waals surface area contributed by atoms with Crippen LogP contribution in [0.15, 0.2) is 29.4 Å². The summed E-state index contributed by atoms with van der Waals surface area (Å²) in [7, 11) is 1.24. The van der Waals surface area contributed by atoms with Crippen molar-refractivity contribution in [2.75, 3.05) is 7.11 Å². The first-order valence-corrected chi connectivity index (χ1v) is 4.82. The second-order valence-corrected chi connectivity index (χ2v) is 3.26. The number of hydrogen-bond donors (Lipinski definition) is 0. The van der Waals surface area contributed by atoms with Crippen molar-refractivity contribution in [1.29, 1.82) is 5.26 Å². The van der Waals surface area contributed by atoms with E-state index in [0.717, 1.165) is 5.56 Å². The van der Waals surface area contributed by atoms with E-state index in [2.05, 4.69) is 14.8 Å². The van der Waals surface area contributed by atoms with Gasteiger partial charge in [0.05, 0.1) is 18.7 Å². The number of nitrogens with zero attached hydrogens (tertiary/aromatic N) is 4. The fourth-order valence-electron chi connectivity index (χ4n) is 1.31. The van der Waals surface area contributed by atoms with E-state index in [-0.39, 0.29) is 6.42 Å². The summed E-state index contributed by atoms with van der Waals surface area (Å²) < 4.78 is 4.53. The predicted octanol–water partition coefficient (Wildman–Crippen LogP) is 1.95. The highest BCUT2D eigenvalue weighted by Crippen LogP contribution is 2.09. The number of esters is 1. The molecule has 17 heavy (non-hydrogen) atoms. The number of carbonyl (C=O) groups is 1. The SMILES string of the molecule is COC(=O)C(Cc1ccc(C#N)cc1)N=[N+]=[N-]. The number of methoxy groups -OCH3 is 1. The minimum atomic E-state index is -0.877. The smallest absolute Gasteiger partial charge is 0.314 e. The number of ether oxygens (including phenoxy) is 1. The maximum Gasteiger partial charge on any atom is 0.314 e. The fourth-order valence-corrected chi connectivity index (χ4v) is 1.31. The Morgan fingerprint density at radius 1 is 1.59 bits per heavy atom. The van der Waals surface area contributed by atoms with Crippen LogP contribution < -0.4 is 0 Å². The van der Waals surface area contributed by atoms with Gasteiger partial charge >= 0.3 is 5.97 Å². The van der Waals surface area contributed by atoms with Crippen LogP contribution in [0.3, 0.4) is 0 Å². The van der Waals surface area contributed by atoms with Gasteiger partial charge < -0.3 is 4.74 Å². The predicted molar refractivity (Wildman–Crippen MR) is 59.8 cm³/mol. The van der Waals surface area contributed by atoms with E-state index in [4.69, 9.17) is 10.8 Å². The molecule has 6 heteroatoms. The number of carbonyl (C=O) groups excluding carboxylic acids is 1. The van der Waals surface area contributed by atoms with Gasteiger partial charge in [0.1, 0.15) is 6.04 Å². The lowest BCUT2D eigenvalue weighted by Gasteiger charge is -2.08. The van der Waals surface area contributed by atoms with Crippen LogP contribution in [-0.2, 0) is 16.0 Å². The molecule has 1 rings (SSSR count). The topological polar surface area (TPSA) is 98.9 Å². The maximum atomic E-state index is 11.3. The molecular weight excluding hydrogens is 220 g/mol. The van der Waals surface area contributed by atoms with Crippen LogP contribution >= 0.6 is 0 Å². The number of rotatable bonds is 4. The summed E-state index contributed by atoms with van der Waals surface area (Å²) in [5.74, 6) is -0.577. The molecular formula is C11H10N4O2. The summed E-state index contributed by atoms with van der Waals surface area (Å²) >= 11 is 0. The van der Waals surface area contributed by atoms with E-state index in [1.807, 2.05) is 6.07 Å². The van der Waals surface area contributed by atoms with Crippen molar-refractivity contribution in [2.24, 2.45) is 5.11 Å². The third kappa shape index (κ3) is 3.52. The summed E-state index contributed by atoms with van der Waals surface area (Å²) in [4.78, 5) is 13.9. The zero-order valence-corrected chi connectivity index (χ0v) is 9.20. The highest BCUT2D eigenvalue weighted by atomic mass is 16.5. The largest absolute Gasteiger partial charge is 0.469 e. The first kappa shape index (κ1) is 12.6. The van der Waals surface area contributed by atoms with E-state index >= 15 is 0 Å². The third-order valence-corrected chi connectivity index (χ3v) is 2.18. The van der Waals surface area contributed by atoms with Gasteiger partial charge in [-0.1, -0.05) is 17.2 Å². The van der Waals surface area contributed by atoms with Gasteiger partial charge in [0.25, 0.3) is 0 Å². The Kier molecular flexibility index (Phi) is 4.55. The molecule has 0 heterocycles. The summed E-state index contributed by atoms with van der Waals surface area (Å²) in [6.07, 6.45) is 0.252. The summed E-state index contributed by atoms with van der Waals surface area (Å²) in [5.41, 5.74) is 9.68. The lowest BCUT2D eigenvalue weighted by Crippen LogP contribution is -2.22. The number of azide groups is 1. The van der Waals surface area contributed by atoms with Crippen molar-refractivity contribution in [3.05, 3.63) is 45.8 Å². The van der Waals surface area contributed by atoms with Crippen molar-refractivity contribution >= 4 is 5.97 Å². The molecule has 6 nitrogen and oxygen atoms in total. The highest BCUT2D eigenvalue weighted by Gasteiger charge is 2.17. The van der Waals surface area contributed by atoms with Gasteiger partial charge in [-0.2, -0.15) is 5.26 Å². The molecule has 0 aromatic heterocycles. The Bertz CT molecular complexity index is 483. The highest BCUT2D eigenvalue weighted by molar-refractivity contribution is 5.76. The third-order valence-electron chi connectivity index (χ3n) is 2.18. The van der Waals surface area contributed by atoms with Gasteiger partial charge in [0, 0.05) is 4.91 Å². The Morgan fingerprint density at radius 3 is 2.71 bits per heavy atom. The monoisotopic (exact) mass is 230 g/mol. The van der Waals surface area contributed by atoms with Crippen LogP contribution in [0, 0.1) is 11.3 Å². The first-order chi connectivity index (χ1) is 8.21. The molecule has 1 unspecified atom stereocenters. The molecule has 0 aliphatic rings. The quantitative estimate of drug-likeness (QED) is 0.342. The molecule has 0 N–H and O–H groups in total. The minimum Gasteiger partial charge on any atom is -0.469 e. The lowest BCUT2D eigenvalue weighted by atomic mass is 10.1. The van der Waals surface area contributed by atoms with Crippen LogP contribution in [0.4, 0.5) is 0 Å². The normalized spacial score (nSPS) is 10.8. The van der Waals surface area contributed by atoms with E-state index in [1.54, 1.807) is 24.3 Å². The average Bonchev–Trinajstić information content (AvgIpc) is 2.38. The standard InChI is InChI=1S/C11H10N4O2/c1-17-11(16)10(14-15-13)6-8-2-4-9(7-12)5-3-8/h2-5,10H,6H2,1H3. The Hall–Kier alpha value is -2.51. The Balaban J connectivity index is 2.82. The zero-order chi connectivity index (χ0) is 12.7. The van der Waals surface area contributed by atoms with Crippen LogP contribution in [-0.4, -0.2) is 19.1 Å². The number of nitriles is 1. The second kappa shape index (κ2) is 6.16. The molecule has 0 fully saturated rings. The van der Waals surface area contributed by atoms with Crippen molar-refractivity contribution in [2.45, 2.75) is 12.5 Å². The van der Waals surface area contributed by atoms with E-state index in [1.165, 1.54) is 7.11 Å².